The number of carbonyl (C=O) groups is 3. The number of ether oxygens (including phenoxy) is 3. The zero-order chi connectivity index (χ0) is 23.5. The van der Waals surface area contributed by atoms with E-state index in [9.17, 15) is 19.2 Å². The lowest BCUT2D eigenvalue weighted by Gasteiger charge is -2.12. The van der Waals surface area contributed by atoms with E-state index in [4.69, 9.17) is 13.9 Å². The number of methoxy groups -OCH3 is 2. The molecular formula is C24H21NO8. The van der Waals surface area contributed by atoms with Crippen LogP contribution in [0.4, 0.5) is 5.69 Å². The fourth-order valence-corrected chi connectivity index (χ4v) is 3.87. The maximum absolute atomic E-state index is 12.5. The zero-order valence-corrected chi connectivity index (χ0v) is 18.1. The van der Waals surface area contributed by atoms with Crippen LogP contribution < -0.4 is 15.7 Å². The smallest absolute Gasteiger partial charge is 0.339 e. The predicted octanol–water partition coefficient (Wildman–Crippen LogP) is 2.87. The van der Waals surface area contributed by atoms with Crippen molar-refractivity contribution in [1.82, 2.24) is 0 Å². The first-order chi connectivity index (χ1) is 15.9. The lowest BCUT2D eigenvalue weighted by Crippen LogP contribution is -2.22. The molecule has 0 radical (unpaired) electrons. The Kier molecular flexibility index (Phi) is 6.12. The quantitative estimate of drug-likeness (QED) is 0.449. The summed E-state index contributed by atoms with van der Waals surface area (Å²) in [5.41, 5.74) is 2.09. The van der Waals surface area contributed by atoms with Gasteiger partial charge < -0.3 is 23.9 Å². The summed E-state index contributed by atoms with van der Waals surface area (Å²) >= 11 is 0. The molecule has 1 heterocycles. The van der Waals surface area contributed by atoms with Gasteiger partial charge >= 0.3 is 17.6 Å². The first-order valence-corrected chi connectivity index (χ1v) is 10.2. The molecule has 9 nitrogen and oxygen atoms in total. The Morgan fingerprint density at radius 2 is 1.73 bits per heavy atom. The van der Waals surface area contributed by atoms with Crippen LogP contribution in [0.25, 0.3) is 11.0 Å². The van der Waals surface area contributed by atoms with Gasteiger partial charge in [-0.15, -0.1) is 0 Å². The number of benzene rings is 2. The number of hydrogen-bond acceptors (Lipinski definition) is 8. The van der Waals surface area contributed by atoms with Crippen LogP contribution >= 0.6 is 0 Å². The van der Waals surface area contributed by atoms with Crippen molar-refractivity contribution >= 4 is 34.5 Å². The highest BCUT2D eigenvalue weighted by Gasteiger charge is 2.20. The number of esters is 2. The Bertz CT molecular complexity index is 1320. The van der Waals surface area contributed by atoms with Gasteiger partial charge in [0.15, 0.2) is 6.61 Å². The molecule has 1 aromatic heterocycles. The lowest BCUT2D eigenvalue weighted by molar-refractivity contribution is -0.118. The summed E-state index contributed by atoms with van der Waals surface area (Å²) in [6, 6.07) is 9.15. The van der Waals surface area contributed by atoms with Crippen LogP contribution in [0.1, 0.15) is 38.3 Å². The van der Waals surface area contributed by atoms with Crippen LogP contribution in [-0.4, -0.2) is 38.7 Å². The average Bonchev–Trinajstić information content (AvgIpc) is 3.32. The van der Waals surface area contributed by atoms with E-state index >= 15 is 0 Å². The summed E-state index contributed by atoms with van der Waals surface area (Å²) in [6.07, 6.45) is 2.46. The topological polar surface area (TPSA) is 121 Å². The molecule has 0 saturated heterocycles. The van der Waals surface area contributed by atoms with Crippen molar-refractivity contribution in [2.75, 3.05) is 26.1 Å². The lowest BCUT2D eigenvalue weighted by atomic mass is 10.1. The van der Waals surface area contributed by atoms with E-state index in [1.54, 1.807) is 12.1 Å². The number of carbonyl (C=O) groups excluding carboxylic acids is 3. The van der Waals surface area contributed by atoms with E-state index in [-0.39, 0.29) is 29.0 Å². The van der Waals surface area contributed by atoms with Crippen molar-refractivity contribution in [3.05, 3.63) is 69.1 Å². The van der Waals surface area contributed by atoms with E-state index in [1.807, 2.05) is 6.07 Å². The van der Waals surface area contributed by atoms with Crippen LogP contribution in [0.3, 0.4) is 0 Å². The summed E-state index contributed by atoms with van der Waals surface area (Å²) in [6.45, 7) is -0.385. The number of anilines is 1. The first-order valence-electron chi connectivity index (χ1n) is 10.2. The monoisotopic (exact) mass is 451 g/mol. The molecule has 9 heteroatoms. The van der Waals surface area contributed by atoms with Gasteiger partial charge in [0.1, 0.15) is 11.3 Å². The Labute approximate surface area is 188 Å². The van der Waals surface area contributed by atoms with Gasteiger partial charge in [-0.1, -0.05) is 0 Å². The normalized spacial score (nSPS) is 12.2. The van der Waals surface area contributed by atoms with Crippen molar-refractivity contribution in [2.24, 2.45) is 0 Å². The van der Waals surface area contributed by atoms with E-state index in [0.717, 1.165) is 35.8 Å². The second-order valence-corrected chi connectivity index (χ2v) is 7.44. The van der Waals surface area contributed by atoms with Crippen LogP contribution in [0.2, 0.25) is 0 Å². The molecule has 2 aromatic carbocycles. The molecular weight excluding hydrogens is 430 g/mol. The molecule has 1 amide bonds. The standard InChI is InChI=1S/C24H21NO8/c1-30-22(27)13-6-8-18(23(28)31-2)19(10-13)25-21(26)12-32-14-7-9-16-15-4-3-5-17(15)24(29)33-20(16)11-14/h6-11H,3-5,12H2,1-2H3,(H,25,26). The molecule has 0 atom stereocenters. The van der Waals surface area contributed by atoms with Gasteiger partial charge in [0, 0.05) is 17.0 Å². The minimum atomic E-state index is -0.681. The Balaban J connectivity index is 1.51. The highest BCUT2D eigenvalue weighted by atomic mass is 16.5. The van der Waals surface area contributed by atoms with Crippen molar-refractivity contribution < 1.29 is 33.0 Å². The van der Waals surface area contributed by atoms with E-state index in [0.29, 0.717) is 11.3 Å². The molecule has 0 spiro atoms. The molecule has 0 unspecified atom stereocenters. The summed E-state index contributed by atoms with van der Waals surface area (Å²) in [5.74, 6) is -1.53. The van der Waals surface area contributed by atoms with Gasteiger partial charge in [-0.25, -0.2) is 14.4 Å². The third-order valence-electron chi connectivity index (χ3n) is 5.44. The van der Waals surface area contributed by atoms with Gasteiger partial charge in [0.05, 0.1) is 31.0 Å². The van der Waals surface area contributed by atoms with E-state index in [1.165, 1.54) is 32.4 Å². The van der Waals surface area contributed by atoms with Crippen molar-refractivity contribution in [3.8, 4) is 5.75 Å². The summed E-state index contributed by atoms with van der Waals surface area (Å²) in [4.78, 5) is 48.5. The molecule has 170 valence electrons. The van der Waals surface area contributed by atoms with Gasteiger partial charge in [-0.05, 0) is 55.2 Å². The number of rotatable bonds is 6. The molecule has 4 rings (SSSR count). The van der Waals surface area contributed by atoms with Gasteiger partial charge in [-0.2, -0.15) is 0 Å². The Morgan fingerprint density at radius 1 is 0.970 bits per heavy atom. The fourth-order valence-electron chi connectivity index (χ4n) is 3.87. The number of hydrogen-bond donors (Lipinski definition) is 1. The Hall–Kier alpha value is -4.14. The summed E-state index contributed by atoms with van der Waals surface area (Å²) < 4.78 is 20.4. The molecule has 1 aliphatic rings. The molecule has 0 fully saturated rings. The third kappa shape index (κ3) is 4.43. The molecule has 0 aliphatic heterocycles. The van der Waals surface area contributed by atoms with Crippen molar-refractivity contribution in [2.45, 2.75) is 19.3 Å². The third-order valence-corrected chi connectivity index (χ3v) is 5.44. The molecule has 0 saturated carbocycles. The Morgan fingerprint density at radius 3 is 2.48 bits per heavy atom. The van der Waals surface area contributed by atoms with Crippen LogP contribution in [0.5, 0.6) is 5.75 Å². The second kappa shape index (κ2) is 9.15. The highest BCUT2D eigenvalue weighted by molar-refractivity contribution is 6.03. The zero-order valence-electron chi connectivity index (χ0n) is 18.1. The number of amides is 1. The van der Waals surface area contributed by atoms with Crippen molar-refractivity contribution in [1.29, 1.82) is 0 Å². The number of fused-ring (bicyclic) bond motifs is 3. The van der Waals surface area contributed by atoms with E-state index in [2.05, 4.69) is 10.1 Å². The predicted molar refractivity (Wildman–Crippen MR) is 118 cm³/mol. The number of aryl methyl sites for hydroxylation is 1. The van der Waals surface area contributed by atoms with Crippen LogP contribution in [-0.2, 0) is 27.1 Å². The SMILES string of the molecule is COC(=O)c1ccc(C(=O)OC)c(NC(=O)COc2ccc3c4c(c(=O)oc3c2)CCC4)c1. The minimum absolute atomic E-state index is 0.0693. The van der Waals surface area contributed by atoms with Gasteiger partial charge in [-0.3, -0.25) is 4.79 Å². The van der Waals surface area contributed by atoms with Gasteiger partial charge in [0.25, 0.3) is 5.91 Å². The van der Waals surface area contributed by atoms with Crippen molar-refractivity contribution in [3.63, 3.8) is 0 Å². The fraction of sp³-hybridized carbons (Fsp3) is 0.250. The molecule has 33 heavy (non-hydrogen) atoms. The maximum atomic E-state index is 12.5. The molecule has 3 aromatic rings. The largest absolute Gasteiger partial charge is 0.484 e. The molecule has 1 N–H and O–H groups in total. The number of nitrogens with one attached hydrogen (secondary N) is 1. The van der Waals surface area contributed by atoms with Crippen LogP contribution in [0, 0.1) is 0 Å². The summed E-state index contributed by atoms with van der Waals surface area (Å²) in [5, 5.41) is 3.41. The average molecular weight is 451 g/mol. The highest BCUT2D eigenvalue weighted by Crippen LogP contribution is 2.29. The second-order valence-electron chi connectivity index (χ2n) is 7.44. The van der Waals surface area contributed by atoms with Crippen LogP contribution in [0.15, 0.2) is 45.6 Å². The minimum Gasteiger partial charge on any atom is -0.484 e. The molecule has 0 bridgehead atoms. The first kappa shape index (κ1) is 22.1. The van der Waals surface area contributed by atoms with Gasteiger partial charge in [0.2, 0.25) is 0 Å². The van der Waals surface area contributed by atoms with E-state index < -0.39 is 17.8 Å². The maximum Gasteiger partial charge on any atom is 0.339 e. The molecule has 1 aliphatic carbocycles. The summed E-state index contributed by atoms with van der Waals surface area (Å²) in [7, 11) is 2.43.